The zero-order valence-electron chi connectivity index (χ0n) is 8.73. The van der Waals surface area contributed by atoms with Crippen molar-refractivity contribution in [1.29, 1.82) is 0 Å². The summed E-state index contributed by atoms with van der Waals surface area (Å²) in [6, 6.07) is 0. The summed E-state index contributed by atoms with van der Waals surface area (Å²) in [4.78, 5) is 10.7. The number of ether oxygens (including phenoxy) is 1. The number of alkyl halides is 3. The van der Waals surface area contributed by atoms with Gasteiger partial charge in [0.2, 0.25) is 0 Å². The smallest absolute Gasteiger partial charge is 0.399 e. The SMILES string of the molecule is CCCCCOC(=O)C(F)(F)C(C)(O)F. The maximum Gasteiger partial charge on any atom is 0.399 e. The molecule has 0 bridgehead atoms. The molecule has 0 aromatic heterocycles. The Morgan fingerprint density at radius 3 is 2.27 bits per heavy atom. The second-order valence-electron chi connectivity index (χ2n) is 3.37. The van der Waals surface area contributed by atoms with Crippen LogP contribution < -0.4 is 0 Å². The molecule has 0 rings (SSSR count). The van der Waals surface area contributed by atoms with Crippen LogP contribution in [-0.2, 0) is 9.53 Å². The van der Waals surface area contributed by atoms with Gasteiger partial charge in [0.15, 0.2) is 0 Å². The van der Waals surface area contributed by atoms with Gasteiger partial charge in [-0.25, -0.2) is 9.18 Å². The lowest BCUT2D eigenvalue weighted by molar-refractivity contribution is -0.249. The van der Waals surface area contributed by atoms with Gasteiger partial charge in [-0.2, -0.15) is 8.78 Å². The van der Waals surface area contributed by atoms with Gasteiger partial charge in [-0.1, -0.05) is 19.8 Å². The number of aliphatic hydroxyl groups is 1. The molecular weight excluding hydrogens is 213 g/mol. The van der Waals surface area contributed by atoms with Crippen LogP contribution in [0.15, 0.2) is 0 Å². The monoisotopic (exact) mass is 228 g/mol. The van der Waals surface area contributed by atoms with E-state index in [2.05, 4.69) is 4.74 Å². The molecule has 0 saturated heterocycles. The van der Waals surface area contributed by atoms with Crippen molar-refractivity contribution in [2.24, 2.45) is 0 Å². The van der Waals surface area contributed by atoms with Gasteiger partial charge in [-0.3, -0.25) is 0 Å². The maximum atomic E-state index is 12.7. The van der Waals surface area contributed by atoms with E-state index >= 15 is 0 Å². The van der Waals surface area contributed by atoms with E-state index in [0.29, 0.717) is 6.42 Å². The number of esters is 1. The Morgan fingerprint density at radius 2 is 1.87 bits per heavy atom. The second-order valence-corrected chi connectivity index (χ2v) is 3.37. The zero-order chi connectivity index (χ0) is 12.1. The van der Waals surface area contributed by atoms with E-state index in [1.807, 2.05) is 6.92 Å². The summed E-state index contributed by atoms with van der Waals surface area (Å²) in [5.74, 6) is -10.5. The molecule has 6 heteroatoms. The summed E-state index contributed by atoms with van der Waals surface area (Å²) in [5, 5.41) is 8.40. The minimum atomic E-state index is -4.53. The van der Waals surface area contributed by atoms with E-state index in [1.165, 1.54) is 0 Å². The van der Waals surface area contributed by atoms with Crippen molar-refractivity contribution in [3.05, 3.63) is 0 Å². The zero-order valence-corrected chi connectivity index (χ0v) is 8.73. The van der Waals surface area contributed by atoms with Crippen LogP contribution in [-0.4, -0.2) is 29.5 Å². The fraction of sp³-hybridized carbons (Fsp3) is 0.889. The molecule has 3 nitrogen and oxygen atoms in total. The van der Waals surface area contributed by atoms with E-state index in [-0.39, 0.29) is 13.5 Å². The first-order chi connectivity index (χ1) is 6.73. The van der Waals surface area contributed by atoms with Crippen LogP contribution in [0.3, 0.4) is 0 Å². The molecule has 1 unspecified atom stereocenters. The normalized spacial score (nSPS) is 15.9. The minimum Gasteiger partial charge on any atom is -0.461 e. The van der Waals surface area contributed by atoms with Crippen LogP contribution in [0.25, 0.3) is 0 Å². The molecule has 1 N–H and O–H groups in total. The lowest BCUT2D eigenvalue weighted by Crippen LogP contribution is -2.48. The van der Waals surface area contributed by atoms with Crippen molar-refractivity contribution < 1.29 is 27.8 Å². The highest BCUT2D eigenvalue weighted by Gasteiger charge is 2.58. The van der Waals surface area contributed by atoms with Crippen LogP contribution >= 0.6 is 0 Å². The fourth-order valence-corrected chi connectivity index (χ4v) is 0.794. The van der Waals surface area contributed by atoms with Gasteiger partial charge in [-0.15, -0.1) is 0 Å². The number of hydrogen-bond donors (Lipinski definition) is 1. The summed E-state index contributed by atoms with van der Waals surface area (Å²) in [6.07, 6.45) is 2.01. The van der Waals surface area contributed by atoms with Gasteiger partial charge < -0.3 is 9.84 Å². The van der Waals surface area contributed by atoms with Gasteiger partial charge in [0, 0.05) is 6.92 Å². The third kappa shape index (κ3) is 4.07. The second kappa shape index (κ2) is 5.34. The molecule has 90 valence electrons. The first-order valence-electron chi connectivity index (χ1n) is 4.69. The average molecular weight is 228 g/mol. The van der Waals surface area contributed by atoms with E-state index in [0.717, 1.165) is 12.8 Å². The Hall–Kier alpha value is -0.780. The molecule has 1 atom stereocenters. The number of carbonyl (C=O) groups is 1. The topological polar surface area (TPSA) is 46.5 Å². The summed E-state index contributed by atoms with van der Waals surface area (Å²) in [7, 11) is 0. The van der Waals surface area contributed by atoms with Gasteiger partial charge in [0.1, 0.15) is 0 Å². The van der Waals surface area contributed by atoms with E-state index in [1.54, 1.807) is 0 Å². The van der Waals surface area contributed by atoms with Crippen molar-refractivity contribution >= 4 is 5.97 Å². The van der Waals surface area contributed by atoms with E-state index in [9.17, 15) is 18.0 Å². The Morgan fingerprint density at radius 1 is 1.33 bits per heavy atom. The summed E-state index contributed by atoms with van der Waals surface area (Å²) < 4.78 is 42.1. The first kappa shape index (κ1) is 14.2. The molecule has 0 aliphatic carbocycles. The van der Waals surface area contributed by atoms with Crippen LogP contribution in [0.2, 0.25) is 0 Å². The highest BCUT2D eigenvalue weighted by molar-refractivity contribution is 5.78. The third-order valence-corrected chi connectivity index (χ3v) is 1.81. The summed E-state index contributed by atoms with van der Waals surface area (Å²) in [6.45, 7) is 1.90. The lowest BCUT2D eigenvalue weighted by Gasteiger charge is -2.22. The summed E-state index contributed by atoms with van der Waals surface area (Å²) in [5.41, 5.74) is 0. The molecule has 0 heterocycles. The predicted molar refractivity (Wildman–Crippen MR) is 47.2 cm³/mol. The predicted octanol–water partition coefficient (Wildman–Crippen LogP) is 2.03. The van der Waals surface area contributed by atoms with Gasteiger partial charge in [0.05, 0.1) is 6.61 Å². The number of halogens is 3. The number of hydrogen-bond acceptors (Lipinski definition) is 3. The first-order valence-corrected chi connectivity index (χ1v) is 4.69. The van der Waals surface area contributed by atoms with Crippen molar-refractivity contribution in [2.45, 2.75) is 44.9 Å². The van der Waals surface area contributed by atoms with Crippen molar-refractivity contribution in [2.75, 3.05) is 6.61 Å². The molecule has 0 fully saturated rings. The Bertz CT molecular complexity index is 211. The fourth-order valence-electron chi connectivity index (χ4n) is 0.794. The summed E-state index contributed by atoms with van der Waals surface area (Å²) >= 11 is 0. The van der Waals surface area contributed by atoms with E-state index < -0.39 is 17.7 Å². The highest BCUT2D eigenvalue weighted by Crippen LogP contribution is 2.31. The molecule has 0 aliphatic rings. The van der Waals surface area contributed by atoms with Crippen LogP contribution in [0.1, 0.15) is 33.1 Å². The van der Waals surface area contributed by atoms with Crippen molar-refractivity contribution in [1.82, 2.24) is 0 Å². The average Bonchev–Trinajstić information content (AvgIpc) is 2.10. The number of unbranched alkanes of at least 4 members (excludes halogenated alkanes) is 2. The molecule has 0 spiro atoms. The van der Waals surface area contributed by atoms with E-state index in [4.69, 9.17) is 5.11 Å². The molecule has 0 aromatic carbocycles. The number of rotatable bonds is 6. The highest BCUT2D eigenvalue weighted by atomic mass is 19.3. The molecule has 15 heavy (non-hydrogen) atoms. The quantitative estimate of drug-likeness (QED) is 0.559. The van der Waals surface area contributed by atoms with Crippen LogP contribution in [0, 0.1) is 0 Å². The third-order valence-electron chi connectivity index (χ3n) is 1.81. The maximum absolute atomic E-state index is 12.7. The Labute approximate surface area is 86.2 Å². The molecule has 0 aliphatic heterocycles. The van der Waals surface area contributed by atoms with Gasteiger partial charge >= 0.3 is 11.9 Å². The Kier molecular flexibility index (Phi) is 5.07. The molecular formula is C9H15F3O3. The standard InChI is InChI=1S/C9H15F3O3/c1-3-4-5-6-15-7(13)9(11,12)8(2,10)14/h14H,3-6H2,1-2H3. The molecule has 0 amide bonds. The van der Waals surface area contributed by atoms with Crippen molar-refractivity contribution in [3.63, 3.8) is 0 Å². The Balaban J connectivity index is 4.10. The van der Waals surface area contributed by atoms with Crippen LogP contribution in [0.5, 0.6) is 0 Å². The largest absolute Gasteiger partial charge is 0.461 e. The molecule has 0 aromatic rings. The van der Waals surface area contributed by atoms with Crippen molar-refractivity contribution in [3.8, 4) is 0 Å². The lowest BCUT2D eigenvalue weighted by atomic mass is 10.2. The molecule has 0 saturated carbocycles. The van der Waals surface area contributed by atoms with Gasteiger partial charge in [0.25, 0.3) is 5.85 Å². The number of carbonyl (C=O) groups excluding carboxylic acids is 1. The molecule has 0 radical (unpaired) electrons. The minimum absolute atomic E-state index is 0.196. The van der Waals surface area contributed by atoms with Gasteiger partial charge in [-0.05, 0) is 6.42 Å². The van der Waals surface area contributed by atoms with Crippen LogP contribution in [0.4, 0.5) is 13.2 Å².